The molecule has 1 aromatic carbocycles. The fourth-order valence-corrected chi connectivity index (χ4v) is 1.25. The van der Waals surface area contributed by atoms with E-state index >= 15 is 0 Å². The molecule has 0 fully saturated rings. The first-order chi connectivity index (χ1) is 6.29. The van der Waals surface area contributed by atoms with Crippen LogP contribution in [0.15, 0.2) is 43.2 Å². The van der Waals surface area contributed by atoms with Gasteiger partial charge in [0, 0.05) is 0 Å². The van der Waals surface area contributed by atoms with Crippen molar-refractivity contribution < 1.29 is 0 Å². The Hall–Kier alpha value is -1.26. The van der Waals surface area contributed by atoms with Gasteiger partial charge in [0.15, 0.2) is 0 Å². The minimum Gasteiger partial charge on any atom is -0.137 e. The van der Waals surface area contributed by atoms with Crippen LogP contribution in [-0.4, -0.2) is 0 Å². The predicted molar refractivity (Wildman–Crippen MR) is 60.0 cm³/mol. The molecule has 0 aliphatic rings. The Kier molecular flexibility index (Phi) is 6.68. The van der Waals surface area contributed by atoms with Gasteiger partial charge in [0.1, 0.15) is 0 Å². The lowest BCUT2D eigenvalue weighted by Gasteiger charge is -2.02. The van der Waals surface area contributed by atoms with Crippen molar-refractivity contribution in [1.29, 1.82) is 0 Å². The van der Waals surface area contributed by atoms with Gasteiger partial charge in [-0.25, -0.2) is 0 Å². The summed E-state index contributed by atoms with van der Waals surface area (Å²) in [5.41, 5.74) is 5.23. The molecule has 0 unspecified atom stereocenters. The highest BCUT2D eigenvalue weighted by atomic mass is 14.0. The number of hydrogen-bond acceptors (Lipinski definition) is 0. The van der Waals surface area contributed by atoms with Crippen molar-refractivity contribution in [2.24, 2.45) is 0 Å². The summed E-state index contributed by atoms with van der Waals surface area (Å²) in [7, 11) is 0. The van der Waals surface area contributed by atoms with E-state index in [9.17, 15) is 0 Å². The summed E-state index contributed by atoms with van der Waals surface area (Å²) >= 11 is 0. The summed E-state index contributed by atoms with van der Waals surface area (Å²) < 4.78 is 0. The van der Waals surface area contributed by atoms with Crippen molar-refractivity contribution in [2.75, 3.05) is 0 Å². The fourth-order valence-electron chi connectivity index (χ4n) is 1.25. The molecule has 0 heteroatoms. The third-order valence-electron chi connectivity index (χ3n) is 1.88. The maximum Gasteiger partial charge on any atom is -0.0305 e. The van der Waals surface area contributed by atoms with Crippen LogP contribution in [0, 0.1) is 0 Å². The van der Waals surface area contributed by atoms with Crippen LogP contribution >= 0.6 is 0 Å². The SMILES string of the molecule is C=C=C.CCc1ccccc1CC. The lowest BCUT2D eigenvalue weighted by atomic mass is 10.0. The Morgan fingerprint density at radius 3 is 1.54 bits per heavy atom. The van der Waals surface area contributed by atoms with Crippen molar-refractivity contribution in [3.05, 3.63) is 54.3 Å². The molecule has 0 heterocycles. The van der Waals surface area contributed by atoms with Crippen LogP contribution in [0.4, 0.5) is 0 Å². The molecule has 0 bridgehead atoms. The van der Waals surface area contributed by atoms with E-state index in [1.54, 1.807) is 0 Å². The molecule has 13 heavy (non-hydrogen) atoms. The molecule has 1 rings (SSSR count). The van der Waals surface area contributed by atoms with E-state index in [4.69, 9.17) is 0 Å². The van der Waals surface area contributed by atoms with E-state index < -0.39 is 0 Å². The van der Waals surface area contributed by atoms with Gasteiger partial charge in [0.2, 0.25) is 0 Å². The molecule has 1 aromatic rings. The van der Waals surface area contributed by atoms with Crippen LogP contribution in [0.1, 0.15) is 25.0 Å². The summed E-state index contributed by atoms with van der Waals surface area (Å²) in [6, 6.07) is 8.63. The second-order valence-corrected chi connectivity index (χ2v) is 2.73. The summed E-state index contributed by atoms with van der Waals surface area (Å²) in [6.07, 6.45) is 2.31. The number of aryl methyl sites for hydroxylation is 2. The Morgan fingerprint density at radius 2 is 1.31 bits per heavy atom. The fraction of sp³-hybridized carbons (Fsp3) is 0.308. The Morgan fingerprint density at radius 1 is 1.00 bits per heavy atom. The van der Waals surface area contributed by atoms with E-state index in [1.165, 1.54) is 11.1 Å². The molecule has 0 aliphatic heterocycles. The molecule has 0 nitrogen and oxygen atoms in total. The molecule has 0 N–H and O–H groups in total. The molecule has 0 atom stereocenters. The largest absolute Gasteiger partial charge is 0.137 e. The Balaban J connectivity index is 0.000000424. The number of hydrogen-bond donors (Lipinski definition) is 0. The molecule has 0 amide bonds. The minimum atomic E-state index is 1.16. The van der Waals surface area contributed by atoms with Crippen molar-refractivity contribution >= 4 is 0 Å². The summed E-state index contributed by atoms with van der Waals surface area (Å²) in [5.74, 6) is 0. The summed E-state index contributed by atoms with van der Waals surface area (Å²) in [5, 5.41) is 0. The van der Waals surface area contributed by atoms with E-state index in [0.717, 1.165) is 12.8 Å². The van der Waals surface area contributed by atoms with Crippen molar-refractivity contribution in [3.63, 3.8) is 0 Å². The molecular formula is C13H18. The monoisotopic (exact) mass is 174 g/mol. The van der Waals surface area contributed by atoms with E-state index in [0.29, 0.717) is 0 Å². The van der Waals surface area contributed by atoms with Crippen LogP contribution < -0.4 is 0 Å². The topological polar surface area (TPSA) is 0 Å². The first-order valence-corrected chi connectivity index (χ1v) is 4.66. The maximum absolute atomic E-state index is 3.12. The highest BCUT2D eigenvalue weighted by Crippen LogP contribution is 2.08. The first-order valence-electron chi connectivity index (χ1n) is 4.66. The maximum atomic E-state index is 3.12. The Bertz CT molecular complexity index is 242. The normalized spacial score (nSPS) is 8.15. The van der Waals surface area contributed by atoms with Crippen LogP contribution in [0.5, 0.6) is 0 Å². The molecule has 0 saturated heterocycles. The second kappa shape index (κ2) is 7.39. The van der Waals surface area contributed by atoms with Gasteiger partial charge in [-0.2, -0.15) is 0 Å². The van der Waals surface area contributed by atoms with Gasteiger partial charge in [0.05, 0.1) is 0 Å². The number of rotatable bonds is 2. The van der Waals surface area contributed by atoms with E-state index in [1.807, 2.05) is 0 Å². The number of benzene rings is 1. The molecule has 0 saturated carbocycles. The van der Waals surface area contributed by atoms with Gasteiger partial charge in [0.25, 0.3) is 0 Å². The van der Waals surface area contributed by atoms with Gasteiger partial charge in [-0.05, 0) is 24.0 Å². The first kappa shape index (κ1) is 11.7. The molecule has 0 spiro atoms. The molecular weight excluding hydrogens is 156 g/mol. The van der Waals surface area contributed by atoms with Crippen LogP contribution in [0.2, 0.25) is 0 Å². The molecule has 70 valence electrons. The van der Waals surface area contributed by atoms with Crippen molar-refractivity contribution in [3.8, 4) is 0 Å². The molecule has 0 radical (unpaired) electrons. The minimum absolute atomic E-state index is 1.16. The smallest absolute Gasteiger partial charge is 0.0305 e. The second-order valence-electron chi connectivity index (χ2n) is 2.73. The zero-order chi connectivity index (χ0) is 10.1. The van der Waals surface area contributed by atoms with Crippen LogP contribution in [0.25, 0.3) is 0 Å². The Labute approximate surface area is 81.6 Å². The standard InChI is InChI=1S/C10H14.C3H4/c1-3-9-7-5-6-8-10(9)4-2;1-3-2/h5-8H,3-4H2,1-2H3;1-2H2. The predicted octanol–water partition coefficient (Wildman–Crippen LogP) is 3.77. The average Bonchev–Trinajstić information content (AvgIpc) is 2.19. The summed E-state index contributed by atoms with van der Waals surface area (Å²) in [4.78, 5) is 0. The van der Waals surface area contributed by atoms with Gasteiger partial charge in [-0.3, -0.25) is 0 Å². The highest BCUT2D eigenvalue weighted by Gasteiger charge is 1.93. The van der Waals surface area contributed by atoms with Gasteiger partial charge >= 0.3 is 0 Å². The van der Waals surface area contributed by atoms with E-state index in [-0.39, 0.29) is 0 Å². The lowest BCUT2D eigenvalue weighted by Crippen LogP contribution is -1.88. The van der Waals surface area contributed by atoms with E-state index in [2.05, 4.69) is 57.0 Å². The third-order valence-corrected chi connectivity index (χ3v) is 1.88. The van der Waals surface area contributed by atoms with Gasteiger partial charge in [-0.15, -0.1) is 5.73 Å². The zero-order valence-electron chi connectivity index (χ0n) is 8.64. The van der Waals surface area contributed by atoms with Gasteiger partial charge in [-0.1, -0.05) is 51.3 Å². The quantitative estimate of drug-likeness (QED) is 0.599. The van der Waals surface area contributed by atoms with Gasteiger partial charge < -0.3 is 0 Å². The third kappa shape index (κ3) is 4.35. The van der Waals surface area contributed by atoms with Crippen LogP contribution in [0.3, 0.4) is 0 Å². The summed E-state index contributed by atoms with van der Waals surface area (Å²) in [6.45, 7) is 10.7. The zero-order valence-corrected chi connectivity index (χ0v) is 8.64. The van der Waals surface area contributed by atoms with Crippen molar-refractivity contribution in [1.82, 2.24) is 0 Å². The average molecular weight is 174 g/mol. The lowest BCUT2D eigenvalue weighted by molar-refractivity contribution is 1.04. The molecule has 0 aromatic heterocycles. The molecule has 0 aliphatic carbocycles. The highest BCUT2D eigenvalue weighted by molar-refractivity contribution is 5.26. The van der Waals surface area contributed by atoms with Crippen molar-refractivity contribution in [2.45, 2.75) is 26.7 Å². The van der Waals surface area contributed by atoms with Crippen LogP contribution in [-0.2, 0) is 12.8 Å².